The Morgan fingerprint density at radius 3 is 2.64 bits per heavy atom. The van der Waals surface area contributed by atoms with E-state index in [4.69, 9.17) is 13.9 Å². The van der Waals surface area contributed by atoms with Crippen LogP contribution < -0.4 is 5.32 Å². The Labute approximate surface area is 166 Å². The monoisotopic (exact) mass is 392 g/mol. The molecule has 156 valence electrons. The van der Waals surface area contributed by atoms with Gasteiger partial charge in [-0.25, -0.2) is 0 Å². The van der Waals surface area contributed by atoms with Crippen molar-refractivity contribution in [1.82, 2.24) is 10.2 Å². The fourth-order valence-corrected chi connectivity index (χ4v) is 4.12. The zero-order valence-corrected chi connectivity index (χ0v) is 17.2. The van der Waals surface area contributed by atoms with Gasteiger partial charge in [-0.05, 0) is 45.6 Å². The molecule has 0 bridgehead atoms. The quantitative estimate of drug-likeness (QED) is 0.804. The number of morpholine rings is 1. The SMILES string of the molecule is CCCO[C@H]1C[C@@H](C(=O)N2CCOCC2)CC[C@@H]1NC(=O)c1cc(C)oc1C. The molecule has 1 aromatic rings. The van der Waals surface area contributed by atoms with Crippen LogP contribution in [0.25, 0.3) is 0 Å². The van der Waals surface area contributed by atoms with E-state index in [1.54, 1.807) is 13.0 Å². The van der Waals surface area contributed by atoms with Crippen LogP contribution >= 0.6 is 0 Å². The fourth-order valence-electron chi connectivity index (χ4n) is 4.12. The summed E-state index contributed by atoms with van der Waals surface area (Å²) < 4.78 is 16.9. The van der Waals surface area contributed by atoms with Crippen molar-refractivity contribution in [3.05, 3.63) is 23.2 Å². The standard InChI is InChI=1S/C21H32N2O5/c1-4-9-27-19-13-16(21(25)23-7-10-26-11-8-23)5-6-18(19)22-20(24)17-12-14(2)28-15(17)3/h12,16,18-19H,4-11,13H2,1-3H3,(H,22,24)/t16-,18-,19-/m0/s1. The first kappa shape index (κ1) is 20.9. The molecular weight excluding hydrogens is 360 g/mol. The third kappa shape index (κ3) is 4.94. The maximum atomic E-state index is 12.9. The third-order valence-electron chi connectivity index (χ3n) is 5.60. The molecule has 1 aliphatic heterocycles. The van der Waals surface area contributed by atoms with Crippen molar-refractivity contribution >= 4 is 11.8 Å². The number of hydrogen-bond acceptors (Lipinski definition) is 5. The number of furan rings is 1. The lowest BCUT2D eigenvalue weighted by Gasteiger charge is -2.38. The number of nitrogens with zero attached hydrogens (tertiary/aromatic N) is 1. The molecule has 0 spiro atoms. The highest BCUT2D eigenvalue weighted by Crippen LogP contribution is 2.29. The predicted molar refractivity (Wildman–Crippen MR) is 104 cm³/mol. The Hall–Kier alpha value is -1.86. The van der Waals surface area contributed by atoms with Crippen LogP contribution in [0.5, 0.6) is 0 Å². The number of ether oxygens (including phenoxy) is 2. The Kier molecular flexibility index (Phi) is 7.13. The molecule has 2 heterocycles. The molecule has 2 fully saturated rings. The summed E-state index contributed by atoms with van der Waals surface area (Å²) in [5.74, 6) is 1.35. The predicted octanol–water partition coefficient (Wildman–Crippen LogP) is 2.45. The van der Waals surface area contributed by atoms with Gasteiger partial charge in [0.25, 0.3) is 5.91 Å². The van der Waals surface area contributed by atoms with E-state index in [2.05, 4.69) is 12.2 Å². The van der Waals surface area contributed by atoms with Gasteiger partial charge in [0.1, 0.15) is 11.5 Å². The van der Waals surface area contributed by atoms with Gasteiger partial charge < -0.3 is 24.1 Å². The smallest absolute Gasteiger partial charge is 0.255 e. The van der Waals surface area contributed by atoms with E-state index < -0.39 is 0 Å². The normalized spacial score (nSPS) is 25.5. The summed E-state index contributed by atoms with van der Waals surface area (Å²) in [5, 5.41) is 3.12. The second-order valence-electron chi connectivity index (χ2n) is 7.76. The zero-order chi connectivity index (χ0) is 20.1. The van der Waals surface area contributed by atoms with Crippen LogP contribution in [-0.2, 0) is 14.3 Å². The number of nitrogens with one attached hydrogen (secondary N) is 1. The van der Waals surface area contributed by atoms with E-state index in [0.717, 1.165) is 25.0 Å². The van der Waals surface area contributed by atoms with E-state index in [1.165, 1.54) is 0 Å². The molecular formula is C21H32N2O5. The van der Waals surface area contributed by atoms with Crippen molar-refractivity contribution < 1.29 is 23.5 Å². The largest absolute Gasteiger partial charge is 0.466 e. The number of aryl methyl sites for hydroxylation is 2. The molecule has 28 heavy (non-hydrogen) atoms. The van der Waals surface area contributed by atoms with Crippen LogP contribution in [0.1, 0.15) is 54.5 Å². The van der Waals surface area contributed by atoms with Gasteiger partial charge in [-0.15, -0.1) is 0 Å². The summed E-state index contributed by atoms with van der Waals surface area (Å²) in [6.45, 7) is 8.85. The summed E-state index contributed by atoms with van der Waals surface area (Å²) in [6.07, 6.45) is 2.89. The van der Waals surface area contributed by atoms with Gasteiger partial charge in [-0.1, -0.05) is 6.92 Å². The van der Waals surface area contributed by atoms with E-state index in [0.29, 0.717) is 50.7 Å². The summed E-state index contributed by atoms with van der Waals surface area (Å²) in [6, 6.07) is 1.67. The van der Waals surface area contributed by atoms with Gasteiger partial charge >= 0.3 is 0 Å². The van der Waals surface area contributed by atoms with E-state index >= 15 is 0 Å². The average molecular weight is 392 g/mol. The molecule has 1 saturated carbocycles. The molecule has 2 amide bonds. The molecule has 3 rings (SSSR count). The van der Waals surface area contributed by atoms with Crippen molar-refractivity contribution in [2.75, 3.05) is 32.9 Å². The van der Waals surface area contributed by atoms with Gasteiger partial charge in [0.2, 0.25) is 5.91 Å². The number of amides is 2. The number of carbonyl (C=O) groups is 2. The minimum atomic E-state index is -0.152. The van der Waals surface area contributed by atoms with Crippen LogP contribution in [0.15, 0.2) is 10.5 Å². The van der Waals surface area contributed by atoms with Gasteiger partial charge in [0.05, 0.1) is 30.9 Å². The summed E-state index contributed by atoms with van der Waals surface area (Å²) in [4.78, 5) is 27.5. The highest BCUT2D eigenvalue weighted by atomic mass is 16.5. The van der Waals surface area contributed by atoms with Gasteiger partial charge in [0, 0.05) is 25.6 Å². The van der Waals surface area contributed by atoms with E-state index in [1.807, 2.05) is 11.8 Å². The minimum absolute atomic E-state index is 0.0500. The lowest BCUT2D eigenvalue weighted by Crippen LogP contribution is -2.51. The second-order valence-corrected chi connectivity index (χ2v) is 7.76. The minimum Gasteiger partial charge on any atom is -0.466 e. The summed E-state index contributed by atoms with van der Waals surface area (Å²) in [7, 11) is 0. The molecule has 7 nitrogen and oxygen atoms in total. The molecule has 1 aromatic heterocycles. The Morgan fingerprint density at radius 2 is 2.00 bits per heavy atom. The third-order valence-corrected chi connectivity index (χ3v) is 5.60. The lowest BCUT2D eigenvalue weighted by molar-refractivity contribution is -0.143. The summed E-state index contributed by atoms with van der Waals surface area (Å²) in [5.41, 5.74) is 0.568. The second kappa shape index (κ2) is 9.56. The molecule has 1 saturated heterocycles. The maximum Gasteiger partial charge on any atom is 0.255 e. The first-order valence-corrected chi connectivity index (χ1v) is 10.4. The number of rotatable bonds is 6. The maximum absolute atomic E-state index is 12.9. The van der Waals surface area contributed by atoms with Crippen molar-refractivity contribution in [3.63, 3.8) is 0 Å². The highest BCUT2D eigenvalue weighted by molar-refractivity contribution is 5.95. The van der Waals surface area contributed by atoms with Gasteiger partial charge in [-0.2, -0.15) is 0 Å². The average Bonchev–Trinajstić information content (AvgIpc) is 3.05. The van der Waals surface area contributed by atoms with Crippen LogP contribution in [0, 0.1) is 19.8 Å². The van der Waals surface area contributed by atoms with Crippen LogP contribution in [-0.4, -0.2) is 61.8 Å². The molecule has 0 aromatic carbocycles. The van der Waals surface area contributed by atoms with Crippen molar-refractivity contribution in [3.8, 4) is 0 Å². The van der Waals surface area contributed by atoms with Crippen molar-refractivity contribution in [2.45, 2.75) is 58.6 Å². The van der Waals surface area contributed by atoms with E-state index in [9.17, 15) is 9.59 Å². The topological polar surface area (TPSA) is 81.0 Å². The molecule has 1 N–H and O–H groups in total. The lowest BCUT2D eigenvalue weighted by atomic mass is 9.82. The molecule has 0 radical (unpaired) electrons. The van der Waals surface area contributed by atoms with Crippen molar-refractivity contribution in [2.24, 2.45) is 5.92 Å². The Balaban J connectivity index is 1.64. The molecule has 3 atom stereocenters. The van der Waals surface area contributed by atoms with Crippen molar-refractivity contribution in [1.29, 1.82) is 0 Å². The van der Waals surface area contributed by atoms with Crippen LogP contribution in [0.4, 0.5) is 0 Å². The highest BCUT2D eigenvalue weighted by Gasteiger charge is 2.37. The first-order chi connectivity index (χ1) is 13.5. The Bertz CT molecular complexity index is 680. The zero-order valence-electron chi connectivity index (χ0n) is 17.2. The number of hydrogen-bond donors (Lipinski definition) is 1. The van der Waals surface area contributed by atoms with Crippen LogP contribution in [0.3, 0.4) is 0 Å². The van der Waals surface area contributed by atoms with Crippen LogP contribution in [0.2, 0.25) is 0 Å². The summed E-state index contributed by atoms with van der Waals surface area (Å²) >= 11 is 0. The molecule has 7 heteroatoms. The number of carbonyl (C=O) groups excluding carboxylic acids is 2. The molecule has 2 aliphatic rings. The fraction of sp³-hybridized carbons (Fsp3) is 0.714. The Morgan fingerprint density at radius 1 is 1.25 bits per heavy atom. The molecule has 0 unspecified atom stereocenters. The van der Waals surface area contributed by atoms with E-state index in [-0.39, 0.29) is 29.9 Å². The van der Waals surface area contributed by atoms with Gasteiger partial charge in [-0.3, -0.25) is 9.59 Å². The van der Waals surface area contributed by atoms with Gasteiger partial charge in [0.15, 0.2) is 0 Å². The first-order valence-electron chi connectivity index (χ1n) is 10.4. The molecule has 1 aliphatic carbocycles.